The van der Waals surface area contributed by atoms with Gasteiger partial charge in [-0.25, -0.2) is 9.97 Å². The molecule has 1 N–H and O–H groups in total. The van der Waals surface area contributed by atoms with Crippen molar-refractivity contribution in [2.45, 2.75) is 40.0 Å². The zero-order valence-electron chi connectivity index (χ0n) is 12.8. The summed E-state index contributed by atoms with van der Waals surface area (Å²) in [7, 11) is 1.94. The monoisotopic (exact) mass is 273 g/mol. The Morgan fingerprint density at radius 2 is 2.00 bits per heavy atom. The molecule has 0 radical (unpaired) electrons. The summed E-state index contributed by atoms with van der Waals surface area (Å²) in [5.41, 5.74) is 3.09. The molecule has 0 aliphatic carbocycles. The number of aromatic nitrogens is 4. The van der Waals surface area contributed by atoms with Crippen LogP contribution in [0.1, 0.15) is 38.1 Å². The maximum Gasteiger partial charge on any atom is 0.133 e. The highest BCUT2D eigenvalue weighted by molar-refractivity contribution is 5.65. The van der Waals surface area contributed by atoms with Crippen LogP contribution in [0.2, 0.25) is 0 Å². The second kappa shape index (κ2) is 6.50. The van der Waals surface area contributed by atoms with Gasteiger partial charge in [-0.15, -0.1) is 0 Å². The van der Waals surface area contributed by atoms with E-state index in [0.29, 0.717) is 0 Å². The summed E-state index contributed by atoms with van der Waals surface area (Å²) in [4.78, 5) is 9.37. The van der Waals surface area contributed by atoms with Gasteiger partial charge in [-0.3, -0.25) is 4.68 Å². The second-order valence-electron chi connectivity index (χ2n) is 4.98. The molecule has 0 spiro atoms. The molecule has 2 aromatic heterocycles. The van der Waals surface area contributed by atoms with Gasteiger partial charge in [0.25, 0.3) is 0 Å². The molecule has 0 bridgehead atoms. The zero-order valence-corrected chi connectivity index (χ0v) is 12.8. The Bertz CT molecular complexity index is 574. The van der Waals surface area contributed by atoms with Crippen LogP contribution in [0.3, 0.4) is 0 Å². The minimum atomic E-state index is 0.895. The number of nitrogens with one attached hydrogen (secondary N) is 1. The van der Waals surface area contributed by atoms with Crippen molar-refractivity contribution in [2.75, 3.05) is 11.9 Å². The Hall–Kier alpha value is -1.91. The number of rotatable bonds is 6. The number of aryl methyl sites for hydroxylation is 2. The lowest BCUT2D eigenvalue weighted by Crippen LogP contribution is -2.10. The Morgan fingerprint density at radius 1 is 1.20 bits per heavy atom. The van der Waals surface area contributed by atoms with Crippen LogP contribution < -0.4 is 5.32 Å². The quantitative estimate of drug-likeness (QED) is 0.879. The molecule has 20 heavy (non-hydrogen) atoms. The summed E-state index contributed by atoms with van der Waals surface area (Å²) >= 11 is 0. The van der Waals surface area contributed by atoms with E-state index in [9.17, 15) is 0 Å². The molecule has 0 saturated heterocycles. The van der Waals surface area contributed by atoms with Crippen LogP contribution in [-0.4, -0.2) is 26.3 Å². The van der Waals surface area contributed by atoms with Gasteiger partial charge in [-0.1, -0.05) is 13.8 Å². The molecule has 0 unspecified atom stereocenters. The predicted molar refractivity (Wildman–Crippen MR) is 81.7 cm³/mol. The van der Waals surface area contributed by atoms with Gasteiger partial charge in [0.2, 0.25) is 0 Å². The van der Waals surface area contributed by atoms with Crippen molar-refractivity contribution < 1.29 is 0 Å². The number of hydrogen-bond acceptors (Lipinski definition) is 4. The zero-order chi connectivity index (χ0) is 14.5. The van der Waals surface area contributed by atoms with Gasteiger partial charge in [-0.05, 0) is 25.8 Å². The molecule has 108 valence electrons. The van der Waals surface area contributed by atoms with Crippen LogP contribution in [0.15, 0.2) is 12.3 Å². The van der Waals surface area contributed by atoms with Crippen molar-refractivity contribution in [2.24, 2.45) is 7.05 Å². The van der Waals surface area contributed by atoms with Gasteiger partial charge in [0.15, 0.2) is 0 Å². The fourth-order valence-corrected chi connectivity index (χ4v) is 2.17. The van der Waals surface area contributed by atoms with Gasteiger partial charge >= 0.3 is 0 Å². The van der Waals surface area contributed by atoms with E-state index in [1.54, 1.807) is 6.20 Å². The lowest BCUT2D eigenvalue weighted by atomic mass is 10.1. The van der Waals surface area contributed by atoms with E-state index in [1.165, 1.54) is 0 Å². The molecule has 2 heterocycles. The second-order valence-corrected chi connectivity index (χ2v) is 4.98. The number of nitrogens with zero attached hydrogens (tertiary/aromatic N) is 4. The van der Waals surface area contributed by atoms with Crippen molar-refractivity contribution >= 4 is 5.82 Å². The molecular weight excluding hydrogens is 250 g/mol. The van der Waals surface area contributed by atoms with Crippen molar-refractivity contribution in [3.8, 4) is 11.4 Å². The first-order valence-electron chi connectivity index (χ1n) is 7.27. The highest BCUT2D eigenvalue weighted by Crippen LogP contribution is 2.25. The molecular formula is C15H23N5. The van der Waals surface area contributed by atoms with Crippen molar-refractivity contribution in [3.63, 3.8) is 0 Å². The fraction of sp³-hybridized carbons (Fsp3) is 0.533. The fourth-order valence-electron chi connectivity index (χ4n) is 2.17. The summed E-state index contributed by atoms with van der Waals surface area (Å²) in [6.07, 6.45) is 4.82. The summed E-state index contributed by atoms with van der Waals surface area (Å²) in [5.74, 6) is 1.84. The summed E-state index contributed by atoms with van der Waals surface area (Å²) in [6, 6.07) is 1.99. The predicted octanol–water partition coefficient (Wildman–Crippen LogP) is 2.96. The minimum Gasteiger partial charge on any atom is -0.370 e. The largest absolute Gasteiger partial charge is 0.370 e. The third-order valence-electron chi connectivity index (χ3n) is 3.27. The lowest BCUT2D eigenvalue weighted by molar-refractivity contribution is 0.767. The number of anilines is 1. The van der Waals surface area contributed by atoms with Gasteiger partial charge in [-0.2, -0.15) is 5.10 Å². The highest BCUT2D eigenvalue weighted by Gasteiger charge is 2.14. The molecule has 0 amide bonds. The van der Waals surface area contributed by atoms with Crippen LogP contribution in [0.4, 0.5) is 5.82 Å². The van der Waals surface area contributed by atoms with E-state index in [-0.39, 0.29) is 0 Å². The highest BCUT2D eigenvalue weighted by atomic mass is 15.3. The van der Waals surface area contributed by atoms with E-state index in [0.717, 1.165) is 54.4 Å². The van der Waals surface area contributed by atoms with Crippen LogP contribution in [-0.2, 0) is 13.5 Å². The van der Waals surface area contributed by atoms with Gasteiger partial charge < -0.3 is 5.32 Å². The summed E-state index contributed by atoms with van der Waals surface area (Å²) in [5, 5.41) is 7.64. The molecule has 0 aliphatic rings. The molecule has 0 aliphatic heterocycles. The molecule has 0 saturated carbocycles. The first-order valence-corrected chi connectivity index (χ1v) is 7.27. The molecule has 5 nitrogen and oxygen atoms in total. The van der Waals surface area contributed by atoms with Gasteiger partial charge in [0.05, 0.1) is 11.4 Å². The van der Waals surface area contributed by atoms with Crippen molar-refractivity contribution in [1.82, 2.24) is 19.7 Å². The summed E-state index contributed by atoms with van der Waals surface area (Å²) < 4.78 is 1.86. The first kappa shape index (κ1) is 14.5. The van der Waals surface area contributed by atoms with E-state index in [1.807, 2.05) is 17.8 Å². The van der Waals surface area contributed by atoms with Gasteiger partial charge in [0.1, 0.15) is 11.6 Å². The minimum absolute atomic E-state index is 0.895. The van der Waals surface area contributed by atoms with Crippen LogP contribution >= 0.6 is 0 Å². The standard InChI is InChI=1S/C15H23N5/c1-5-7-13-18-14(12-8-10-17-20(12)4)11(3)15(19-13)16-9-6-2/h8,10H,5-7,9H2,1-4H3,(H,16,18,19). The maximum atomic E-state index is 4.72. The third kappa shape index (κ3) is 2.98. The Morgan fingerprint density at radius 3 is 2.60 bits per heavy atom. The normalized spacial score (nSPS) is 10.8. The van der Waals surface area contributed by atoms with Gasteiger partial charge in [0, 0.05) is 31.8 Å². The molecule has 0 atom stereocenters. The van der Waals surface area contributed by atoms with Crippen LogP contribution in [0.5, 0.6) is 0 Å². The number of hydrogen-bond donors (Lipinski definition) is 1. The van der Waals surface area contributed by atoms with Crippen molar-refractivity contribution in [1.29, 1.82) is 0 Å². The summed E-state index contributed by atoms with van der Waals surface area (Å²) in [6.45, 7) is 7.29. The smallest absolute Gasteiger partial charge is 0.133 e. The first-order chi connectivity index (χ1) is 9.67. The maximum absolute atomic E-state index is 4.72. The average Bonchev–Trinajstić information content (AvgIpc) is 2.85. The molecule has 2 rings (SSSR count). The Labute approximate surface area is 120 Å². The molecule has 2 aromatic rings. The van der Waals surface area contributed by atoms with E-state index < -0.39 is 0 Å². The van der Waals surface area contributed by atoms with Crippen LogP contribution in [0, 0.1) is 6.92 Å². The van der Waals surface area contributed by atoms with Crippen molar-refractivity contribution in [3.05, 3.63) is 23.7 Å². The van der Waals surface area contributed by atoms with E-state index >= 15 is 0 Å². The SMILES string of the molecule is CCCNc1nc(CCC)nc(-c2ccnn2C)c1C. The average molecular weight is 273 g/mol. The van der Waals surface area contributed by atoms with E-state index in [4.69, 9.17) is 4.98 Å². The topological polar surface area (TPSA) is 55.6 Å². The molecule has 0 fully saturated rings. The Balaban J connectivity index is 2.48. The molecule has 5 heteroatoms. The Kier molecular flexibility index (Phi) is 4.71. The van der Waals surface area contributed by atoms with E-state index in [2.05, 4.69) is 36.2 Å². The lowest BCUT2D eigenvalue weighted by Gasteiger charge is -2.13. The third-order valence-corrected chi connectivity index (χ3v) is 3.27. The molecule has 0 aromatic carbocycles. The van der Waals surface area contributed by atoms with Crippen LogP contribution in [0.25, 0.3) is 11.4 Å².